The van der Waals surface area contributed by atoms with Crippen LogP contribution >= 0.6 is 0 Å². The lowest BCUT2D eigenvalue weighted by molar-refractivity contribution is -0.149. The molecule has 0 radical (unpaired) electrons. The topological polar surface area (TPSA) is 58.6 Å². The van der Waals surface area contributed by atoms with Crippen LogP contribution in [0.5, 0.6) is 5.75 Å². The van der Waals surface area contributed by atoms with Gasteiger partial charge in [-0.1, -0.05) is 39.3 Å². The average molecular weight is 307 g/mol. The van der Waals surface area contributed by atoms with Crippen LogP contribution in [0.3, 0.4) is 0 Å². The lowest BCUT2D eigenvalue weighted by atomic mass is 9.82. The number of carboxylic acids is 1. The predicted octanol–water partition coefficient (Wildman–Crippen LogP) is 3.85. The molecule has 0 amide bonds. The third kappa shape index (κ3) is 5.34. The Balaban J connectivity index is 2.46. The van der Waals surface area contributed by atoms with Gasteiger partial charge in [-0.15, -0.1) is 0 Å². The van der Waals surface area contributed by atoms with Crippen molar-refractivity contribution in [2.75, 3.05) is 13.2 Å². The van der Waals surface area contributed by atoms with Crippen molar-refractivity contribution >= 4 is 5.97 Å². The minimum atomic E-state index is -0.718. The molecule has 0 saturated carbocycles. The molecule has 1 aromatic rings. The molecule has 4 nitrogen and oxygen atoms in total. The van der Waals surface area contributed by atoms with Crippen LogP contribution in [0.25, 0.3) is 0 Å². The summed E-state index contributed by atoms with van der Waals surface area (Å²) < 4.78 is 5.63. The van der Waals surface area contributed by atoms with Gasteiger partial charge in [0, 0.05) is 13.1 Å². The average Bonchev–Trinajstić information content (AvgIpc) is 2.53. The molecule has 0 aromatic heterocycles. The number of carboxylic acid groups (broad SMARTS) is 1. The molecular formula is C18H29NO3. The van der Waals surface area contributed by atoms with Gasteiger partial charge in [-0.25, -0.2) is 0 Å². The number of hydrogen-bond donors (Lipinski definition) is 2. The van der Waals surface area contributed by atoms with Crippen LogP contribution in [-0.4, -0.2) is 24.2 Å². The Hall–Kier alpha value is -1.55. The summed E-state index contributed by atoms with van der Waals surface area (Å²) in [7, 11) is 0. The number of hydrogen-bond acceptors (Lipinski definition) is 3. The Labute approximate surface area is 133 Å². The maximum atomic E-state index is 11.4. The SMILES string of the molecule is CCCCOc1ccc(CNCC(CC)(CC)C(=O)O)cc1. The fourth-order valence-electron chi connectivity index (χ4n) is 2.36. The quantitative estimate of drug-likeness (QED) is 0.610. The molecule has 0 spiro atoms. The van der Waals surface area contributed by atoms with Gasteiger partial charge in [-0.05, 0) is 37.0 Å². The van der Waals surface area contributed by atoms with Gasteiger partial charge in [0.05, 0.1) is 12.0 Å². The summed E-state index contributed by atoms with van der Waals surface area (Å²) in [4.78, 5) is 11.4. The van der Waals surface area contributed by atoms with Crippen molar-refractivity contribution in [3.05, 3.63) is 29.8 Å². The van der Waals surface area contributed by atoms with E-state index in [1.165, 1.54) is 0 Å². The zero-order valence-electron chi connectivity index (χ0n) is 14.0. The summed E-state index contributed by atoms with van der Waals surface area (Å²) in [5, 5.41) is 12.7. The lowest BCUT2D eigenvalue weighted by Gasteiger charge is -2.27. The number of ether oxygens (including phenoxy) is 1. The molecule has 22 heavy (non-hydrogen) atoms. The maximum absolute atomic E-state index is 11.4. The first kappa shape index (κ1) is 18.5. The monoisotopic (exact) mass is 307 g/mol. The van der Waals surface area contributed by atoms with Gasteiger partial charge in [-0.3, -0.25) is 4.79 Å². The van der Waals surface area contributed by atoms with Gasteiger partial charge in [0.15, 0.2) is 0 Å². The maximum Gasteiger partial charge on any atom is 0.310 e. The molecule has 124 valence electrons. The molecule has 0 atom stereocenters. The van der Waals surface area contributed by atoms with Crippen molar-refractivity contribution in [2.45, 2.75) is 53.0 Å². The van der Waals surface area contributed by atoms with Crippen molar-refractivity contribution in [3.8, 4) is 5.75 Å². The van der Waals surface area contributed by atoms with Gasteiger partial charge >= 0.3 is 5.97 Å². The van der Waals surface area contributed by atoms with E-state index >= 15 is 0 Å². The molecule has 4 heteroatoms. The Morgan fingerprint density at radius 3 is 2.32 bits per heavy atom. The molecule has 0 unspecified atom stereocenters. The van der Waals surface area contributed by atoms with Crippen LogP contribution in [-0.2, 0) is 11.3 Å². The van der Waals surface area contributed by atoms with Crippen LogP contribution in [0.2, 0.25) is 0 Å². The molecule has 0 heterocycles. The van der Waals surface area contributed by atoms with Crippen molar-refractivity contribution < 1.29 is 14.6 Å². The predicted molar refractivity (Wildman–Crippen MR) is 89.2 cm³/mol. The number of nitrogens with one attached hydrogen (secondary N) is 1. The van der Waals surface area contributed by atoms with E-state index in [9.17, 15) is 9.90 Å². The number of aliphatic carboxylic acids is 1. The van der Waals surface area contributed by atoms with E-state index in [1.54, 1.807) is 0 Å². The van der Waals surface area contributed by atoms with E-state index in [0.717, 1.165) is 30.8 Å². The standard InChI is InChI=1S/C18H29NO3/c1-4-7-12-22-16-10-8-15(9-11-16)13-19-14-18(5-2,6-3)17(20)21/h8-11,19H,4-7,12-14H2,1-3H3,(H,20,21). The first-order valence-electron chi connectivity index (χ1n) is 8.23. The zero-order chi connectivity index (χ0) is 16.4. The van der Waals surface area contributed by atoms with Crippen LogP contribution in [0.4, 0.5) is 0 Å². The molecule has 0 aliphatic heterocycles. The summed E-state index contributed by atoms with van der Waals surface area (Å²) in [6.07, 6.45) is 3.46. The van der Waals surface area contributed by atoms with Gasteiger partial charge in [0.2, 0.25) is 0 Å². The van der Waals surface area contributed by atoms with E-state index in [4.69, 9.17) is 4.74 Å². The molecule has 1 aromatic carbocycles. The molecule has 0 saturated heterocycles. The second-order valence-electron chi connectivity index (χ2n) is 5.74. The Morgan fingerprint density at radius 2 is 1.82 bits per heavy atom. The van der Waals surface area contributed by atoms with E-state index < -0.39 is 11.4 Å². The number of carbonyl (C=O) groups is 1. The lowest BCUT2D eigenvalue weighted by Crippen LogP contribution is -2.39. The summed E-state index contributed by atoms with van der Waals surface area (Å²) in [6.45, 7) is 7.92. The molecule has 2 N–H and O–H groups in total. The fourth-order valence-corrected chi connectivity index (χ4v) is 2.36. The normalized spacial score (nSPS) is 11.4. The molecule has 0 aliphatic carbocycles. The summed E-state index contributed by atoms with van der Waals surface area (Å²) >= 11 is 0. The van der Waals surface area contributed by atoms with Crippen molar-refractivity contribution in [1.82, 2.24) is 5.32 Å². The van der Waals surface area contributed by atoms with Crippen LogP contribution in [0.15, 0.2) is 24.3 Å². The third-order valence-corrected chi connectivity index (χ3v) is 4.29. The van der Waals surface area contributed by atoms with E-state index in [1.807, 2.05) is 38.1 Å². The molecule has 0 fully saturated rings. The molecule has 0 bridgehead atoms. The number of rotatable bonds is 11. The van der Waals surface area contributed by atoms with Crippen molar-refractivity contribution in [3.63, 3.8) is 0 Å². The highest BCUT2D eigenvalue weighted by Crippen LogP contribution is 2.25. The van der Waals surface area contributed by atoms with E-state index in [-0.39, 0.29) is 0 Å². The van der Waals surface area contributed by atoms with Gasteiger partial charge in [0.1, 0.15) is 5.75 Å². The summed E-state index contributed by atoms with van der Waals surface area (Å²) in [6, 6.07) is 7.98. The van der Waals surface area contributed by atoms with Crippen molar-refractivity contribution in [2.24, 2.45) is 5.41 Å². The van der Waals surface area contributed by atoms with E-state index in [0.29, 0.717) is 25.9 Å². The second-order valence-corrected chi connectivity index (χ2v) is 5.74. The van der Waals surface area contributed by atoms with Gasteiger partial charge in [-0.2, -0.15) is 0 Å². The fraction of sp³-hybridized carbons (Fsp3) is 0.611. The first-order chi connectivity index (χ1) is 10.6. The van der Waals surface area contributed by atoms with E-state index in [2.05, 4.69) is 12.2 Å². The Morgan fingerprint density at radius 1 is 1.18 bits per heavy atom. The van der Waals surface area contributed by atoms with Crippen LogP contribution < -0.4 is 10.1 Å². The highest BCUT2D eigenvalue weighted by atomic mass is 16.5. The minimum absolute atomic E-state index is 0.490. The summed E-state index contributed by atoms with van der Waals surface area (Å²) in [5.74, 6) is 0.170. The molecule has 0 aliphatic rings. The first-order valence-corrected chi connectivity index (χ1v) is 8.23. The van der Waals surface area contributed by atoms with Crippen LogP contribution in [0, 0.1) is 5.41 Å². The second kappa shape index (κ2) is 9.46. The Bertz CT molecular complexity index is 438. The largest absolute Gasteiger partial charge is 0.494 e. The zero-order valence-corrected chi connectivity index (χ0v) is 14.0. The van der Waals surface area contributed by atoms with Gasteiger partial charge < -0.3 is 15.2 Å². The smallest absolute Gasteiger partial charge is 0.310 e. The summed E-state index contributed by atoms with van der Waals surface area (Å²) in [5.41, 5.74) is 0.470. The minimum Gasteiger partial charge on any atom is -0.494 e. The van der Waals surface area contributed by atoms with Gasteiger partial charge in [0.25, 0.3) is 0 Å². The van der Waals surface area contributed by atoms with Crippen molar-refractivity contribution in [1.29, 1.82) is 0 Å². The number of benzene rings is 1. The molecule has 1 rings (SSSR count). The molecular weight excluding hydrogens is 278 g/mol. The highest BCUT2D eigenvalue weighted by molar-refractivity contribution is 5.74. The number of unbranched alkanes of at least 4 members (excludes halogenated alkanes) is 1. The van der Waals surface area contributed by atoms with Crippen LogP contribution in [0.1, 0.15) is 52.0 Å². The third-order valence-electron chi connectivity index (χ3n) is 4.29. The highest BCUT2D eigenvalue weighted by Gasteiger charge is 2.34. The Kier molecular flexibility index (Phi) is 7.96.